The van der Waals surface area contributed by atoms with Gasteiger partial charge in [-0.15, -0.1) is 0 Å². The van der Waals surface area contributed by atoms with Crippen molar-refractivity contribution in [3.05, 3.63) is 47.3 Å². The molecule has 0 fully saturated rings. The van der Waals surface area contributed by atoms with Gasteiger partial charge in [0.05, 0.1) is 5.69 Å². The summed E-state index contributed by atoms with van der Waals surface area (Å²) in [5, 5.41) is 1.05. The summed E-state index contributed by atoms with van der Waals surface area (Å²) in [6.07, 6.45) is 2.75. The van der Waals surface area contributed by atoms with Gasteiger partial charge in [-0.05, 0) is 30.4 Å². The lowest BCUT2D eigenvalue weighted by molar-refractivity contribution is 0.447. The van der Waals surface area contributed by atoms with Crippen LogP contribution < -0.4 is 5.73 Å². The summed E-state index contributed by atoms with van der Waals surface area (Å²) < 4.78 is 5.43. The number of nitrogens with two attached hydrogens (primary N) is 1. The number of aromatic nitrogens is 1. The van der Waals surface area contributed by atoms with E-state index in [1.54, 1.807) is 18.0 Å². The lowest BCUT2D eigenvalue weighted by Gasteiger charge is -2.33. The number of aryl methyl sites for hydroxylation is 1. The van der Waals surface area contributed by atoms with E-state index in [4.69, 9.17) is 10.2 Å². The molecule has 0 bridgehead atoms. The quantitative estimate of drug-likeness (QED) is 0.908. The molecule has 3 nitrogen and oxygen atoms in total. The second-order valence-corrected chi connectivity index (χ2v) is 6.39. The molecule has 1 aromatic heterocycles. The molecule has 0 saturated heterocycles. The van der Waals surface area contributed by atoms with Gasteiger partial charge in [-0.1, -0.05) is 43.0 Å². The molecule has 19 heavy (non-hydrogen) atoms. The maximum Gasteiger partial charge on any atom is 0.256 e. The topological polar surface area (TPSA) is 52.0 Å². The van der Waals surface area contributed by atoms with Gasteiger partial charge >= 0.3 is 0 Å². The Labute approximate surface area is 117 Å². The van der Waals surface area contributed by atoms with Crippen molar-refractivity contribution in [3.63, 3.8) is 0 Å². The average molecular weight is 274 g/mol. The van der Waals surface area contributed by atoms with Gasteiger partial charge in [0.1, 0.15) is 6.26 Å². The molecule has 2 N–H and O–H groups in total. The Morgan fingerprint density at radius 1 is 1.32 bits per heavy atom. The fourth-order valence-electron chi connectivity index (χ4n) is 2.72. The van der Waals surface area contributed by atoms with Crippen LogP contribution in [0.5, 0.6) is 0 Å². The second kappa shape index (κ2) is 5.02. The summed E-state index contributed by atoms with van der Waals surface area (Å²) in [6.45, 7) is 4.20. The highest BCUT2D eigenvalue weighted by molar-refractivity contribution is 7.99. The molecular formula is C15H18N2OS. The molecular weight excluding hydrogens is 256 g/mol. The number of hydrogen-bond acceptors (Lipinski definition) is 4. The average Bonchev–Trinajstić information content (AvgIpc) is 2.81. The van der Waals surface area contributed by atoms with Crippen LogP contribution in [-0.2, 0) is 0 Å². The van der Waals surface area contributed by atoms with Crippen molar-refractivity contribution in [2.24, 2.45) is 5.73 Å². The van der Waals surface area contributed by atoms with Crippen molar-refractivity contribution in [1.29, 1.82) is 0 Å². The van der Waals surface area contributed by atoms with Crippen LogP contribution in [0.4, 0.5) is 0 Å². The number of oxazole rings is 1. The van der Waals surface area contributed by atoms with Crippen molar-refractivity contribution in [2.45, 2.75) is 42.7 Å². The molecule has 0 amide bonds. The molecule has 4 heteroatoms. The normalized spacial score (nSPS) is 26.2. The van der Waals surface area contributed by atoms with E-state index in [1.165, 1.54) is 11.1 Å². The van der Waals surface area contributed by atoms with Gasteiger partial charge in [-0.25, -0.2) is 4.98 Å². The summed E-state index contributed by atoms with van der Waals surface area (Å²) in [5.74, 6) is 0.532. The zero-order chi connectivity index (χ0) is 13.4. The van der Waals surface area contributed by atoms with Gasteiger partial charge in [-0.2, -0.15) is 0 Å². The molecule has 1 aromatic carbocycles. The van der Waals surface area contributed by atoms with E-state index in [0.29, 0.717) is 11.2 Å². The third-order valence-corrected chi connectivity index (χ3v) is 4.90. The van der Waals surface area contributed by atoms with E-state index in [2.05, 4.69) is 36.2 Å². The van der Waals surface area contributed by atoms with E-state index >= 15 is 0 Å². The van der Waals surface area contributed by atoms with Crippen molar-refractivity contribution >= 4 is 11.8 Å². The minimum Gasteiger partial charge on any atom is -0.440 e. The SMILES string of the molecule is Cc1coc(SC2CC(C)c3ccccc3C2N)n1. The van der Waals surface area contributed by atoms with Gasteiger partial charge in [-0.3, -0.25) is 0 Å². The van der Waals surface area contributed by atoms with Gasteiger partial charge in [0.2, 0.25) is 0 Å². The summed E-state index contributed by atoms with van der Waals surface area (Å²) in [5.41, 5.74) is 9.98. The minimum atomic E-state index is 0.0459. The van der Waals surface area contributed by atoms with Crippen LogP contribution in [0.2, 0.25) is 0 Å². The van der Waals surface area contributed by atoms with Crippen LogP contribution in [0.1, 0.15) is 42.1 Å². The molecule has 1 aliphatic carbocycles. The monoisotopic (exact) mass is 274 g/mol. The van der Waals surface area contributed by atoms with Crippen molar-refractivity contribution < 1.29 is 4.42 Å². The van der Waals surface area contributed by atoms with Crippen LogP contribution >= 0.6 is 11.8 Å². The third kappa shape index (κ3) is 2.42. The van der Waals surface area contributed by atoms with Crippen LogP contribution in [0.15, 0.2) is 40.2 Å². The van der Waals surface area contributed by atoms with Gasteiger partial charge < -0.3 is 10.2 Å². The van der Waals surface area contributed by atoms with Gasteiger partial charge in [0.15, 0.2) is 0 Å². The Morgan fingerprint density at radius 2 is 2.05 bits per heavy atom. The van der Waals surface area contributed by atoms with E-state index < -0.39 is 0 Å². The first kappa shape index (κ1) is 12.8. The first-order chi connectivity index (χ1) is 9.15. The smallest absolute Gasteiger partial charge is 0.256 e. The molecule has 3 rings (SSSR count). The highest BCUT2D eigenvalue weighted by atomic mass is 32.2. The predicted molar refractivity (Wildman–Crippen MR) is 77.3 cm³/mol. The first-order valence-electron chi connectivity index (χ1n) is 6.58. The predicted octanol–water partition coefficient (Wildman–Crippen LogP) is 3.65. The lowest BCUT2D eigenvalue weighted by Crippen LogP contribution is -2.30. The maximum atomic E-state index is 6.42. The molecule has 0 spiro atoms. The van der Waals surface area contributed by atoms with Gasteiger partial charge in [0, 0.05) is 11.3 Å². The zero-order valence-corrected chi connectivity index (χ0v) is 12.0. The van der Waals surface area contributed by atoms with Crippen LogP contribution in [0.25, 0.3) is 0 Å². The Morgan fingerprint density at radius 3 is 2.74 bits per heavy atom. The van der Waals surface area contributed by atoms with Gasteiger partial charge in [0.25, 0.3) is 5.22 Å². The lowest BCUT2D eigenvalue weighted by atomic mass is 9.81. The highest BCUT2D eigenvalue weighted by Crippen LogP contribution is 2.43. The van der Waals surface area contributed by atoms with Crippen LogP contribution in [0, 0.1) is 6.92 Å². The third-order valence-electron chi connectivity index (χ3n) is 3.72. The molecule has 100 valence electrons. The Balaban J connectivity index is 1.85. The molecule has 3 atom stereocenters. The fraction of sp³-hybridized carbons (Fsp3) is 0.400. The fourth-order valence-corrected chi connectivity index (χ4v) is 3.96. The van der Waals surface area contributed by atoms with Crippen LogP contribution in [0.3, 0.4) is 0 Å². The largest absolute Gasteiger partial charge is 0.440 e. The minimum absolute atomic E-state index is 0.0459. The Kier molecular flexibility index (Phi) is 3.37. The van der Waals surface area contributed by atoms with Crippen molar-refractivity contribution in [3.8, 4) is 0 Å². The summed E-state index contributed by atoms with van der Waals surface area (Å²) >= 11 is 1.66. The molecule has 0 aliphatic heterocycles. The second-order valence-electron chi connectivity index (χ2n) is 5.20. The summed E-state index contributed by atoms with van der Waals surface area (Å²) in [4.78, 5) is 4.36. The number of thioether (sulfide) groups is 1. The van der Waals surface area contributed by atoms with Crippen LogP contribution in [-0.4, -0.2) is 10.2 Å². The van der Waals surface area contributed by atoms with E-state index in [1.807, 2.05) is 6.92 Å². The Bertz CT molecular complexity index is 581. The van der Waals surface area contributed by atoms with Crippen molar-refractivity contribution in [2.75, 3.05) is 0 Å². The van der Waals surface area contributed by atoms with E-state index in [0.717, 1.165) is 17.3 Å². The summed E-state index contributed by atoms with van der Waals surface area (Å²) in [6, 6.07) is 8.53. The standard InChI is InChI=1S/C15H18N2OS/c1-9-7-13(19-15-17-10(2)8-18-15)14(16)12-6-4-3-5-11(9)12/h3-6,8-9,13-14H,7,16H2,1-2H3. The maximum absolute atomic E-state index is 6.42. The number of rotatable bonds is 2. The number of benzene rings is 1. The van der Waals surface area contributed by atoms with E-state index in [9.17, 15) is 0 Å². The van der Waals surface area contributed by atoms with E-state index in [-0.39, 0.29) is 6.04 Å². The summed E-state index contributed by atoms with van der Waals surface area (Å²) in [7, 11) is 0. The molecule has 3 unspecified atom stereocenters. The number of nitrogens with zero attached hydrogens (tertiary/aromatic N) is 1. The molecule has 0 radical (unpaired) electrons. The zero-order valence-electron chi connectivity index (χ0n) is 11.2. The van der Waals surface area contributed by atoms with Crippen molar-refractivity contribution in [1.82, 2.24) is 4.98 Å². The molecule has 2 aromatic rings. The molecule has 1 heterocycles. The molecule has 1 aliphatic rings. The molecule has 0 saturated carbocycles. The number of hydrogen-bond donors (Lipinski definition) is 1. The number of fused-ring (bicyclic) bond motifs is 1. The first-order valence-corrected chi connectivity index (χ1v) is 7.46. The highest BCUT2D eigenvalue weighted by Gasteiger charge is 2.32. The Hall–Kier alpha value is -1.26.